The van der Waals surface area contributed by atoms with Crippen molar-refractivity contribution in [3.8, 4) is 5.75 Å². The summed E-state index contributed by atoms with van der Waals surface area (Å²) in [6.07, 6.45) is 1.72. The van der Waals surface area contributed by atoms with Gasteiger partial charge in [0.2, 0.25) is 0 Å². The lowest BCUT2D eigenvalue weighted by molar-refractivity contribution is -0.119. The maximum absolute atomic E-state index is 11.4. The third-order valence-corrected chi connectivity index (χ3v) is 3.39. The van der Waals surface area contributed by atoms with Crippen molar-refractivity contribution in [1.82, 2.24) is 0 Å². The molecule has 0 atom stereocenters. The molecule has 1 aliphatic carbocycles. The second kappa shape index (κ2) is 3.09. The average molecular weight is 255 g/mol. The number of phenols is 1. The van der Waals surface area contributed by atoms with Crippen molar-refractivity contribution in [3.05, 3.63) is 28.2 Å². The molecule has 3 heteroatoms. The van der Waals surface area contributed by atoms with Gasteiger partial charge in [0.05, 0.1) is 5.41 Å². The highest BCUT2D eigenvalue weighted by Gasteiger charge is 2.50. The topological polar surface area (TPSA) is 37.3 Å². The van der Waals surface area contributed by atoms with Crippen LogP contribution < -0.4 is 0 Å². The molecule has 0 aliphatic heterocycles. The Morgan fingerprint density at radius 3 is 2.57 bits per heavy atom. The molecule has 1 fully saturated rings. The van der Waals surface area contributed by atoms with Crippen LogP contribution in [0.15, 0.2) is 22.7 Å². The van der Waals surface area contributed by atoms with Crippen molar-refractivity contribution < 1.29 is 9.90 Å². The van der Waals surface area contributed by atoms with Gasteiger partial charge in [-0.15, -0.1) is 0 Å². The number of aromatic hydroxyl groups is 1. The van der Waals surface area contributed by atoms with E-state index in [0.29, 0.717) is 0 Å². The molecule has 1 saturated carbocycles. The van der Waals surface area contributed by atoms with E-state index in [1.54, 1.807) is 13.0 Å². The van der Waals surface area contributed by atoms with Crippen LogP contribution in [0, 0.1) is 0 Å². The van der Waals surface area contributed by atoms with E-state index < -0.39 is 0 Å². The van der Waals surface area contributed by atoms with Crippen LogP contribution in [-0.4, -0.2) is 10.9 Å². The molecule has 1 aliphatic rings. The summed E-state index contributed by atoms with van der Waals surface area (Å²) < 4.78 is 0.832. The van der Waals surface area contributed by atoms with Gasteiger partial charge in [0.25, 0.3) is 0 Å². The standard InChI is InChI=1S/C11H11BrO2/c1-7(13)11(4-5-11)9-3-2-8(12)6-10(9)14/h2-3,6,14H,4-5H2,1H3. The third kappa shape index (κ3) is 1.36. The van der Waals surface area contributed by atoms with Crippen molar-refractivity contribution in [2.24, 2.45) is 0 Å². The summed E-state index contributed by atoms with van der Waals surface area (Å²) in [4.78, 5) is 11.4. The van der Waals surface area contributed by atoms with E-state index in [1.165, 1.54) is 0 Å². The minimum Gasteiger partial charge on any atom is -0.508 e. The van der Waals surface area contributed by atoms with Crippen molar-refractivity contribution >= 4 is 21.7 Å². The molecule has 2 nitrogen and oxygen atoms in total. The largest absolute Gasteiger partial charge is 0.508 e. The Morgan fingerprint density at radius 2 is 2.14 bits per heavy atom. The first-order valence-corrected chi connectivity index (χ1v) is 5.35. The molecule has 0 radical (unpaired) electrons. The summed E-state index contributed by atoms with van der Waals surface area (Å²) in [7, 11) is 0. The first kappa shape index (κ1) is 9.71. The Kier molecular flexibility index (Phi) is 2.14. The number of halogens is 1. The summed E-state index contributed by atoms with van der Waals surface area (Å²) in [6.45, 7) is 1.59. The normalized spacial score (nSPS) is 17.9. The SMILES string of the molecule is CC(=O)C1(c2ccc(Br)cc2O)CC1. The lowest BCUT2D eigenvalue weighted by Gasteiger charge is -2.13. The predicted molar refractivity (Wildman–Crippen MR) is 57.4 cm³/mol. The zero-order valence-electron chi connectivity index (χ0n) is 7.88. The van der Waals surface area contributed by atoms with Crippen molar-refractivity contribution in [1.29, 1.82) is 0 Å². The van der Waals surface area contributed by atoms with Crippen LogP contribution in [0.2, 0.25) is 0 Å². The molecular formula is C11H11BrO2. The Balaban J connectivity index is 2.47. The molecule has 0 bridgehead atoms. The highest BCUT2D eigenvalue weighted by Crippen LogP contribution is 2.51. The number of phenolic OH excluding ortho intramolecular Hbond substituents is 1. The van der Waals surface area contributed by atoms with Crippen LogP contribution in [0.5, 0.6) is 5.75 Å². The van der Waals surface area contributed by atoms with Crippen LogP contribution in [0.3, 0.4) is 0 Å². The van der Waals surface area contributed by atoms with Gasteiger partial charge >= 0.3 is 0 Å². The highest BCUT2D eigenvalue weighted by atomic mass is 79.9. The van der Waals surface area contributed by atoms with Crippen LogP contribution in [0.4, 0.5) is 0 Å². The van der Waals surface area contributed by atoms with Gasteiger partial charge in [-0.3, -0.25) is 4.79 Å². The van der Waals surface area contributed by atoms with E-state index >= 15 is 0 Å². The molecule has 74 valence electrons. The molecule has 0 unspecified atom stereocenters. The van der Waals surface area contributed by atoms with Crippen LogP contribution in [0.25, 0.3) is 0 Å². The van der Waals surface area contributed by atoms with Crippen molar-refractivity contribution in [2.45, 2.75) is 25.2 Å². The fourth-order valence-corrected chi connectivity index (χ4v) is 2.19. The van der Waals surface area contributed by atoms with Gasteiger partial charge in [0.1, 0.15) is 11.5 Å². The highest BCUT2D eigenvalue weighted by molar-refractivity contribution is 9.10. The van der Waals surface area contributed by atoms with E-state index in [1.807, 2.05) is 12.1 Å². The number of benzene rings is 1. The first-order chi connectivity index (χ1) is 6.56. The number of carbonyl (C=O) groups is 1. The van der Waals surface area contributed by atoms with Gasteiger partial charge < -0.3 is 5.11 Å². The molecule has 1 aromatic carbocycles. The first-order valence-electron chi connectivity index (χ1n) is 4.56. The second-order valence-corrected chi connectivity index (χ2v) is 4.72. The van der Waals surface area contributed by atoms with Crippen molar-refractivity contribution in [2.75, 3.05) is 0 Å². The zero-order chi connectivity index (χ0) is 10.3. The smallest absolute Gasteiger partial charge is 0.140 e. The van der Waals surface area contributed by atoms with Gasteiger partial charge in [-0.25, -0.2) is 0 Å². The van der Waals surface area contributed by atoms with Gasteiger partial charge in [-0.05, 0) is 31.9 Å². The van der Waals surface area contributed by atoms with Crippen molar-refractivity contribution in [3.63, 3.8) is 0 Å². The number of hydrogen-bond donors (Lipinski definition) is 1. The van der Waals surface area contributed by atoms with Crippen LogP contribution in [-0.2, 0) is 10.2 Å². The fraction of sp³-hybridized carbons (Fsp3) is 0.364. The van der Waals surface area contributed by atoms with Gasteiger partial charge in [0.15, 0.2) is 0 Å². The molecule has 0 saturated heterocycles. The number of carbonyl (C=O) groups excluding carboxylic acids is 1. The van der Waals surface area contributed by atoms with E-state index in [0.717, 1.165) is 22.9 Å². The Morgan fingerprint density at radius 1 is 1.50 bits per heavy atom. The monoisotopic (exact) mass is 254 g/mol. The molecular weight excluding hydrogens is 244 g/mol. The molecule has 1 N–H and O–H groups in total. The Bertz CT molecular complexity index is 394. The molecule has 0 spiro atoms. The van der Waals surface area contributed by atoms with Gasteiger partial charge in [-0.1, -0.05) is 22.0 Å². The number of hydrogen-bond acceptors (Lipinski definition) is 2. The van der Waals surface area contributed by atoms with Gasteiger partial charge in [0, 0.05) is 10.0 Å². The van der Waals surface area contributed by atoms with E-state index in [-0.39, 0.29) is 16.9 Å². The summed E-state index contributed by atoms with van der Waals surface area (Å²) >= 11 is 3.28. The molecule has 1 aromatic rings. The van der Waals surface area contributed by atoms with E-state index in [2.05, 4.69) is 15.9 Å². The third-order valence-electron chi connectivity index (χ3n) is 2.90. The Labute approximate surface area is 91.1 Å². The fourth-order valence-electron chi connectivity index (χ4n) is 1.85. The van der Waals surface area contributed by atoms with E-state index in [4.69, 9.17) is 0 Å². The molecule has 14 heavy (non-hydrogen) atoms. The lowest BCUT2D eigenvalue weighted by Crippen LogP contribution is -2.16. The number of Topliss-reactive ketones (excluding diaryl/α,β-unsaturated/α-hetero) is 1. The quantitative estimate of drug-likeness (QED) is 0.882. The second-order valence-electron chi connectivity index (χ2n) is 3.80. The van der Waals surface area contributed by atoms with E-state index in [9.17, 15) is 9.90 Å². The molecule has 2 rings (SSSR count). The Hall–Kier alpha value is -0.830. The maximum atomic E-state index is 11.4. The van der Waals surface area contributed by atoms with Gasteiger partial charge in [-0.2, -0.15) is 0 Å². The summed E-state index contributed by atoms with van der Waals surface area (Å²) in [5.41, 5.74) is 0.387. The molecule has 0 aromatic heterocycles. The zero-order valence-corrected chi connectivity index (χ0v) is 9.47. The lowest BCUT2D eigenvalue weighted by atomic mass is 9.91. The maximum Gasteiger partial charge on any atom is 0.140 e. The minimum absolute atomic E-state index is 0.148. The summed E-state index contributed by atoms with van der Waals surface area (Å²) in [5, 5.41) is 9.73. The predicted octanol–water partition coefficient (Wildman–Crippen LogP) is 2.78. The molecule has 0 amide bonds. The van der Waals surface area contributed by atoms with Crippen LogP contribution in [0.1, 0.15) is 25.3 Å². The van der Waals surface area contributed by atoms with Crippen LogP contribution >= 0.6 is 15.9 Å². The number of rotatable bonds is 2. The number of ketones is 1. The molecule has 0 heterocycles. The summed E-state index contributed by atoms with van der Waals surface area (Å²) in [6, 6.07) is 5.32. The minimum atomic E-state index is -0.384. The average Bonchev–Trinajstić information content (AvgIpc) is 2.84. The summed E-state index contributed by atoms with van der Waals surface area (Å²) in [5.74, 6) is 0.363.